The molecule has 1 fully saturated rings. The van der Waals surface area contributed by atoms with Gasteiger partial charge in [0.25, 0.3) is 10.1 Å². The van der Waals surface area contributed by atoms with Crippen LogP contribution in [0.1, 0.15) is 18.4 Å². The topological polar surface area (TPSA) is 52.6 Å². The first-order valence-electron chi connectivity index (χ1n) is 6.09. The summed E-state index contributed by atoms with van der Waals surface area (Å²) in [7, 11) is -3.72. The molecule has 0 radical (unpaired) electrons. The first kappa shape index (κ1) is 14.1. The molecular formula is C14H16O4S. The molecule has 0 unspecified atom stereocenters. The van der Waals surface area contributed by atoms with Crippen LogP contribution in [0.5, 0.6) is 0 Å². The van der Waals surface area contributed by atoms with Crippen molar-refractivity contribution in [1.29, 1.82) is 0 Å². The van der Waals surface area contributed by atoms with Crippen molar-refractivity contribution in [1.82, 2.24) is 0 Å². The van der Waals surface area contributed by atoms with Gasteiger partial charge in [-0.05, 0) is 31.9 Å². The van der Waals surface area contributed by atoms with Crippen LogP contribution in [0, 0.1) is 19.3 Å². The molecule has 1 saturated heterocycles. The molecule has 2 atom stereocenters. The van der Waals surface area contributed by atoms with E-state index in [0.717, 1.165) is 18.4 Å². The minimum atomic E-state index is -3.72. The van der Waals surface area contributed by atoms with Crippen LogP contribution in [-0.2, 0) is 19.0 Å². The fourth-order valence-corrected chi connectivity index (χ4v) is 2.83. The summed E-state index contributed by atoms with van der Waals surface area (Å²) in [6.45, 7) is 1.90. The summed E-state index contributed by atoms with van der Waals surface area (Å²) in [4.78, 5) is 0.157. The average molecular weight is 280 g/mol. The van der Waals surface area contributed by atoms with E-state index in [9.17, 15) is 8.42 Å². The molecule has 1 aromatic carbocycles. The van der Waals surface area contributed by atoms with Gasteiger partial charge in [-0.25, -0.2) is 0 Å². The molecule has 0 N–H and O–H groups in total. The van der Waals surface area contributed by atoms with Gasteiger partial charge in [-0.3, -0.25) is 4.18 Å². The molecule has 0 bridgehead atoms. The number of rotatable bonds is 4. The Morgan fingerprint density at radius 1 is 1.37 bits per heavy atom. The molecule has 1 aliphatic heterocycles. The maximum absolute atomic E-state index is 11.9. The summed E-state index contributed by atoms with van der Waals surface area (Å²) in [6.07, 6.45) is 6.24. The SMILES string of the molecule is C#C[C@@H]1CC[C@@H](COS(=O)(=O)c2ccc(C)cc2)O1. The normalized spacial score (nSPS) is 23.2. The van der Waals surface area contributed by atoms with Crippen molar-refractivity contribution in [2.45, 2.75) is 36.9 Å². The zero-order chi connectivity index (χ0) is 13.9. The van der Waals surface area contributed by atoms with E-state index in [2.05, 4.69) is 5.92 Å². The molecule has 0 saturated carbocycles. The Labute approximate surface area is 113 Å². The lowest BCUT2D eigenvalue weighted by Gasteiger charge is -2.11. The predicted octanol–water partition coefficient (Wildman–Crippen LogP) is 1.88. The second kappa shape index (κ2) is 5.74. The predicted molar refractivity (Wildman–Crippen MR) is 71.0 cm³/mol. The van der Waals surface area contributed by atoms with E-state index in [-0.39, 0.29) is 23.7 Å². The maximum atomic E-state index is 11.9. The zero-order valence-electron chi connectivity index (χ0n) is 10.7. The van der Waals surface area contributed by atoms with Gasteiger partial charge in [-0.1, -0.05) is 23.6 Å². The van der Waals surface area contributed by atoms with Gasteiger partial charge in [-0.15, -0.1) is 6.42 Å². The van der Waals surface area contributed by atoms with E-state index in [0.29, 0.717) is 0 Å². The van der Waals surface area contributed by atoms with Crippen molar-refractivity contribution < 1.29 is 17.3 Å². The van der Waals surface area contributed by atoms with Crippen LogP contribution >= 0.6 is 0 Å². The Morgan fingerprint density at radius 2 is 2.05 bits per heavy atom. The van der Waals surface area contributed by atoms with E-state index in [1.165, 1.54) is 12.1 Å². The van der Waals surface area contributed by atoms with Crippen LogP contribution < -0.4 is 0 Å². The number of aryl methyl sites for hydroxylation is 1. The lowest BCUT2D eigenvalue weighted by molar-refractivity contribution is 0.0438. The molecule has 0 spiro atoms. The Bertz CT molecular complexity index is 568. The Balaban J connectivity index is 1.95. The van der Waals surface area contributed by atoms with E-state index in [1.807, 2.05) is 6.92 Å². The van der Waals surface area contributed by atoms with Gasteiger partial charge in [0.05, 0.1) is 17.6 Å². The molecule has 1 heterocycles. The van der Waals surface area contributed by atoms with Gasteiger partial charge < -0.3 is 4.74 Å². The van der Waals surface area contributed by atoms with Gasteiger partial charge in [0.1, 0.15) is 6.10 Å². The van der Waals surface area contributed by atoms with Crippen molar-refractivity contribution in [3.8, 4) is 12.3 Å². The van der Waals surface area contributed by atoms with E-state index >= 15 is 0 Å². The molecular weight excluding hydrogens is 264 g/mol. The minimum Gasteiger partial charge on any atom is -0.360 e. The van der Waals surface area contributed by atoms with E-state index in [1.54, 1.807) is 12.1 Å². The van der Waals surface area contributed by atoms with E-state index in [4.69, 9.17) is 15.3 Å². The lowest BCUT2D eigenvalue weighted by atomic mass is 10.2. The summed E-state index contributed by atoms with van der Waals surface area (Å²) in [5.74, 6) is 2.50. The van der Waals surface area contributed by atoms with Crippen LogP contribution in [0.4, 0.5) is 0 Å². The Hall–Kier alpha value is -1.35. The molecule has 0 aromatic heterocycles. The van der Waals surface area contributed by atoms with Crippen molar-refractivity contribution in [3.05, 3.63) is 29.8 Å². The monoisotopic (exact) mass is 280 g/mol. The van der Waals surface area contributed by atoms with Gasteiger partial charge in [0.2, 0.25) is 0 Å². The van der Waals surface area contributed by atoms with Gasteiger partial charge in [-0.2, -0.15) is 8.42 Å². The highest BCUT2D eigenvalue weighted by atomic mass is 32.2. The Morgan fingerprint density at radius 3 is 2.63 bits per heavy atom. The molecule has 1 aromatic rings. The third-order valence-corrected chi connectivity index (χ3v) is 4.31. The van der Waals surface area contributed by atoms with Crippen LogP contribution in [0.3, 0.4) is 0 Å². The van der Waals surface area contributed by atoms with Crippen molar-refractivity contribution >= 4 is 10.1 Å². The minimum absolute atomic E-state index is 0.00832. The number of terminal acetylenes is 1. The lowest BCUT2D eigenvalue weighted by Crippen LogP contribution is -2.19. The molecule has 2 rings (SSSR count). The van der Waals surface area contributed by atoms with E-state index < -0.39 is 10.1 Å². The summed E-state index contributed by atoms with van der Waals surface area (Å²) in [5.41, 5.74) is 0.995. The fourth-order valence-electron chi connectivity index (χ4n) is 1.89. The summed E-state index contributed by atoms with van der Waals surface area (Å²) in [5, 5.41) is 0. The van der Waals surface area contributed by atoms with Gasteiger partial charge in [0, 0.05) is 0 Å². The van der Waals surface area contributed by atoms with Crippen molar-refractivity contribution in [3.63, 3.8) is 0 Å². The highest BCUT2D eigenvalue weighted by Gasteiger charge is 2.26. The number of hydrogen-bond acceptors (Lipinski definition) is 4. The Kier molecular flexibility index (Phi) is 4.25. The molecule has 102 valence electrons. The largest absolute Gasteiger partial charge is 0.360 e. The van der Waals surface area contributed by atoms with Crippen molar-refractivity contribution in [2.24, 2.45) is 0 Å². The quantitative estimate of drug-likeness (QED) is 0.624. The van der Waals surface area contributed by atoms with Crippen LogP contribution in [0.25, 0.3) is 0 Å². The molecule has 5 heteroatoms. The number of ether oxygens (including phenoxy) is 1. The van der Waals surface area contributed by atoms with Crippen LogP contribution in [0.15, 0.2) is 29.2 Å². The summed E-state index contributed by atoms with van der Waals surface area (Å²) >= 11 is 0. The number of benzene rings is 1. The van der Waals surface area contributed by atoms with Gasteiger partial charge >= 0.3 is 0 Å². The molecule has 0 amide bonds. The molecule has 19 heavy (non-hydrogen) atoms. The van der Waals surface area contributed by atoms with Crippen molar-refractivity contribution in [2.75, 3.05) is 6.61 Å². The number of hydrogen-bond donors (Lipinski definition) is 0. The smallest absolute Gasteiger partial charge is 0.297 e. The standard InChI is InChI=1S/C14H16O4S/c1-3-12-6-7-13(18-12)10-17-19(15,16)14-8-4-11(2)5-9-14/h1,4-5,8-9,12-13H,6-7,10H2,2H3/t12-,13+/m1/s1. The average Bonchev–Trinajstić information content (AvgIpc) is 2.85. The van der Waals surface area contributed by atoms with Crippen LogP contribution in [0.2, 0.25) is 0 Å². The first-order chi connectivity index (χ1) is 9.01. The second-order valence-electron chi connectivity index (χ2n) is 4.54. The summed E-state index contributed by atoms with van der Waals surface area (Å²) in [6, 6.07) is 6.53. The summed E-state index contributed by atoms with van der Waals surface area (Å²) < 4.78 is 34.3. The fraction of sp³-hybridized carbons (Fsp3) is 0.429. The molecule has 0 aliphatic carbocycles. The third kappa shape index (κ3) is 3.57. The second-order valence-corrected chi connectivity index (χ2v) is 6.16. The first-order valence-corrected chi connectivity index (χ1v) is 7.50. The molecule has 1 aliphatic rings. The highest BCUT2D eigenvalue weighted by Crippen LogP contribution is 2.21. The van der Waals surface area contributed by atoms with Gasteiger partial charge in [0.15, 0.2) is 0 Å². The zero-order valence-corrected chi connectivity index (χ0v) is 11.5. The maximum Gasteiger partial charge on any atom is 0.297 e. The highest BCUT2D eigenvalue weighted by molar-refractivity contribution is 7.86. The third-order valence-electron chi connectivity index (χ3n) is 3.01. The van der Waals surface area contributed by atoms with Crippen LogP contribution in [-0.4, -0.2) is 27.2 Å². The molecule has 4 nitrogen and oxygen atoms in total.